The molecule has 3 N–H and O–H groups in total. The molecule has 0 aliphatic carbocycles. The molecule has 25 heavy (non-hydrogen) atoms. The number of nitrogens with one attached hydrogen (secondary N) is 3. The number of alkyl halides is 3. The summed E-state index contributed by atoms with van der Waals surface area (Å²) in [5.74, 6) is 0. The molecule has 0 fully saturated rings. The molecule has 0 aliphatic heterocycles. The SMILES string of the molecule is O=C(NC/C=C/Cc1ccc(Cc2cnc[nH]2)cc1)NOC(F)(F)F. The average molecular weight is 354 g/mol. The van der Waals surface area contributed by atoms with Crippen LogP contribution in [0.15, 0.2) is 48.9 Å². The average Bonchev–Trinajstić information content (AvgIpc) is 3.06. The first-order valence-corrected chi connectivity index (χ1v) is 7.41. The molecular weight excluding hydrogens is 337 g/mol. The van der Waals surface area contributed by atoms with E-state index in [0.29, 0.717) is 6.42 Å². The maximum Gasteiger partial charge on any atom is 0.543 e. The highest BCUT2D eigenvalue weighted by Gasteiger charge is 2.30. The first-order chi connectivity index (χ1) is 11.9. The summed E-state index contributed by atoms with van der Waals surface area (Å²) in [6, 6.07) is 6.96. The lowest BCUT2D eigenvalue weighted by molar-refractivity contribution is -0.343. The van der Waals surface area contributed by atoms with E-state index in [-0.39, 0.29) is 6.54 Å². The smallest absolute Gasteiger partial charge is 0.348 e. The van der Waals surface area contributed by atoms with Crippen molar-refractivity contribution in [2.24, 2.45) is 0 Å². The number of urea groups is 1. The van der Waals surface area contributed by atoms with Crippen molar-refractivity contribution in [1.82, 2.24) is 20.8 Å². The van der Waals surface area contributed by atoms with Gasteiger partial charge >= 0.3 is 12.4 Å². The fourth-order valence-corrected chi connectivity index (χ4v) is 1.99. The van der Waals surface area contributed by atoms with Crippen LogP contribution in [0.2, 0.25) is 0 Å². The Bertz CT molecular complexity index is 682. The standard InChI is InChI=1S/C16H17F3N4O2/c17-16(18,19)25-23-15(24)21-8-2-1-3-12-4-6-13(7-5-12)9-14-10-20-11-22-14/h1-2,4-7,10-11H,3,8-9H2,(H,20,22)(H2,21,23,24)/b2-1+. The number of imidazole rings is 1. The largest absolute Gasteiger partial charge is 0.543 e. The molecule has 0 saturated heterocycles. The van der Waals surface area contributed by atoms with E-state index in [4.69, 9.17) is 0 Å². The number of rotatable bonds is 7. The Morgan fingerprint density at radius 1 is 1.20 bits per heavy atom. The summed E-state index contributed by atoms with van der Waals surface area (Å²) >= 11 is 0. The molecule has 134 valence electrons. The summed E-state index contributed by atoms with van der Waals surface area (Å²) in [5.41, 5.74) is 4.50. The molecule has 0 spiro atoms. The van der Waals surface area contributed by atoms with Crippen LogP contribution in [0.25, 0.3) is 0 Å². The summed E-state index contributed by atoms with van der Waals surface area (Å²) in [7, 11) is 0. The Morgan fingerprint density at radius 2 is 1.92 bits per heavy atom. The van der Waals surface area contributed by atoms with Gasteiger partial charge < -0.3 is 10.3 Å². The fraction of sp³-hybridized carbons (Fsp3) is 0.250. The zero-order valence-electron chi connectivity index (χ0n) is 13.1. The predicted molar refractivity (Wildman–Crippen MR) is 84.4 cm³/mol. The number of aromatic nitrogens is 2. The molecule has 2 rings (SSSR count). The van der Waals surface area contributed by atoms with Gasteiger partial charge in [-0.1, -0.05) is 36.4 Å². The van der Waals surface area contributed by atoms with Gasteiger partial charge in [-0.2, -0.15) is 4.84 Å². The number of hydroxylamine groups is 1. The second-order valence-corrected chi connectivity index (χ2v) is 5.11. The Morgan fingerprint density at radius 3 is 2.56 bits per heavy atom. The first-order valence-electron chi connectivity index (χ1n) is 7.41. The number of carbonyl (C=O) groups excluding carboxylic acids is 1. The van der Waals surface area contributed by atoms with Crippen LogP contribution in [-0.4, -0.2) is 28.9 Å². The number of H-pyrrole nitrogens is 1. The number of nitrogens with zero attached hydrogens (tertiary/aromatic N) is 1. The summed E-state index contributed by atoms with van der Waals surface area (Å²) in [6.07, 6.45) is 3.39. The van der Waals surface area contributed by atoms with Gasteiger partial charge in [0.1, 0.15) is 0 Å². The number of amides is 2. The number of carbonyl (C=O) groups is 1. The quantitative estimate of drug-likeness (QED) is 0.528. The highest BCUT2D eigenvalue weighted by atomic mass is 19.4. The topological polar surface area (TPSA) is 79.0 Å². The number of allylic oxidation sites excluding steroid dienone is 1. The van der Waals surface area contributed by atoms with Crippen molar-refractivity contribution in [2.75, 3.05) is 6.54 Å². The van der Waals surface area contributed by atoms with Crippen LogP contribution in [0.3, 0.4) is 0 Å². The lowest BCUT2D eigenvalue weighted by atomic mass is 10.1. The maximum atomic E-state index is 11.7. The maximum absolute atomic E-state index is 11.7. The van der Waals surface area contributed by atoms with Gasteiger partial charge in [-0.3, -0.25) is 0 Å². The number of halogens is 3. The minimum atomic E-state index is -4.91. The summed E-state index contributed by atoms with van der Waals surface area (Å²) < 4.78 is 35.1. The minimum absolute atomic E-state index is 0.0883. The zero-order valence-corrected chi connectivity index (χ0v) is 13.1. The number of benzene rings is 1. The van der Waals surface area contributed by atoms with Gasteiger partial charge in [0, 0.05) is 24.9 Å². The first kappa shape index (κ1) is 18.5. The molecule has 1 aromatic heterocycles. The second-order valence-electron chi connectivity index (χ2n) is 5.11. The Balaban J connectivity index is 1.67. The van der Waals surface area contributed by atoms with E-state index >= 15 is 0 Å². The van der Waals surface area contributed by atoms with Crippen LogP contribution >= 0.6 is 0 Å². The van der Waals surface area contributed by atoms with Crippen LogP contribution in [0.4, 0.5) is 18.0 Å². The van der Waals surface area contributed by atoms with Gasteiger partial charge in [0.15, 0.2) is 0 Å². The van der Waals surface area contributed by atoms with E-state index in [9.17, 15) is 18.0 Å². The molecule has 1 heterocycles. The van der Waals surface area contributed by atoms with Crippen molar-refractivity contribution in [3.63, 3.8) is 0 Å². The van der Waals surface area contributed by atoms with E-state index in [1.54, 1.807) is 18.6 Å². The van der Waals surface area contributed by atoms with E-state index in [1.165, 1.54) is 5.48 Å². The fourth-order valence-electron chi connectivity index (χ4n) is 1.99. The molecular formula is C16H17F3N4O2. The van der Waals surface area contributed by atoms with Crippen molar-refractivity contribution in [3.8, 4) is 0 Å². The van der Waals surface area contributed by atoms with Crippen LogP contribution < -0.4 is 10.8 Å². The van der Waals surface area contributed by atoms with Gasteiger partial charge in [-0.05, 0) is 17.5 Å². The van der Waals surface area contributed by atoms with Gasteiger partial charge in [-0.15, -0.1) is 13.2 Å². The van der Waals surface area contributed by atoms with Crippen LogP contribution in [-0.2, 0) is 17.7 Å². The van der Waals surface area contributed by atoms with Crippen LogP contribution in [0, 0.1) is 0 Å². The summed E-state index contributed by atoms with van der Waals surface area (Å²) in [4.78, 5) is 21.2. The summed E-state index contributed by atoms with van der Waals surface area (Å²) in [5, 5.41) is 2.20. The van der Waals surface area contributed by atoms with E-state index in [2.05, 4.69) is 20.1 Å². The van der Waals surface area contributed by atoms with Crippen molar-refractivity contribution in [1.29, 1.82) is 0 Å². The molecule has 0 unspecified atom stereocenters. The molecule has 6 nitrogen and oxygen atoms in total. The molecule has 2 aromatic rings. The third kappa shape index (κ3) is 7.53. The van der Waals surface area contributed by atoms with Crippen molar-refractivity contribution >= 4 is 6.03 Å². The van der Waals surface area contributed by atoms with Crippen LogP contribution in [0.5, 0.6) is 0 Å². The zero-order chi connectivity index (χ0) is 18.1. The van der Waals surface area contributed by atoms with E-state index < -0.39 is 12.4 Å². The lowest BCUT2D eigenvalue weighted by Gasteiger charge is -2.07. The normalized spacial score (nSPS) is 11.6. The molecule has 0 radical (unpaired) electrons. The van der Waals surface area contributed by atoms with Gasteiger partial charge in [0.05, 0.1) is 6.33 Å². The molecule has 1 aromatic carbocycles. The van der Waals surface area contributed by atoms with Crippen LogP contribution in [0.1, 0.15) is 16.8 Å². The Labute approximate surface area is 142 Å². The van der Waals surface area contributed by atoms with Gasteiger partial charge in [0.25, 0.3) is 0 Å². The van der Waals surface area contributed by atoms with Crippen molar-refractivity contribution < 1.29 is 22.8 Å². The Kier molecular flexibility index (Phi) is 6.58. The third-order valence-corrected chi connectivity index (χ3v) is 3.13. The number of hydrogen-bond acceptors (Lipinski definition) is 3. The second kappa shape index (κ2) is 8.88. The molecule has 0 aliphatic rings. The van der Waals surface area contributed by atoms with E-state index in [0.717, 1.165) is 23.2 Å². The highest BCUT2D eigenvalue weighted by Crippen LogP contribution is 2.13. The molecule has 0 bridgehead atoms. The van der Waals surface area contributed by atoms with Crippen molar-refractivity contribution in [2.45, 2.75) is 19.2 Å². The molecule has 2 amide bonds. The number of aromatic amines is 1. The monoisotopic (exact) mass is 354 g/mol. The van der Waals surface area contributed by atoms with Crippen molar-refractivity contribution in [3.05, 3.63) is 65.8 Å². The molecule has 9 heteroatoms. The Hall–Kier alpha value is -2.81. The number of hydrogen-bond donors (Lipinski definition) is 3. The minimum Gasteiger partial charge on any atom is -0.348 e. The predicted octanol–water partition coefficient (Wildman–Crippen LogP) is 2.85. The lowest BCUT2D eigenvalue weighted by Crippen LogP contribution is -2.39. The van der Waals surface area contributed by atoms with Gasteiger partial charge in [-0.25, -0.2) is 15.3 Å². The molecule has 0 atom stereocenters. The van der Waals surface area contributed by atoms with E-state index in [1.807, 2.05) is 30.3 Å². The third-order valence-electron chi connectivity index (χ3n) is 3.13. The van der Waals surface area contributed by atoms with Gasteiger partial charge in [0.2, 0.25) is 0 Å². The molecule has 0 saturated carbocycles. The summed E-state index contributed by atoms with van der Waals surface area (Å²) in [6.45, 7) is 0.0883. The highest BCUT2D eigenvalue weighted by molar-refractivity contribution is 5.72.